The lowest BCUT2D eigenvalue weighted by atomic mass is 9.85. The molecule has 6 rings (SSSR count). The van der Waals surface area contributed by atoms with Gasteiger partial charge in [0.1, 0.15) is 0 Å². The molecule has 0 aromatic heterocycles. The number of rotatable bonds is 0. The lowest BCUT2D eigenvalue weighted by Crippen LogP contribution is -2.30. The zero-order valence-corrected chi connectivity index (χ0v) is 11.8. The van der Waals surface area contributed by atoms with Crippen molar-refractivity contribution in [2.75, 3.05) is 0 Å². The fourth-order valence-electron chi connectivity index (χ4n) is 7.14. The van der Waals surface area contributed by atoms with E-state index in [4.69, 9.17) is 9.47 Å². The quantitative estimate of drug-likeness (QED) is 0.621. The molecule has 5 aliphatic carbocycles. The zero-order valence-electron chi connectivity index (χ0n) is 11.8. The second-order valence-corrected chi connectivity index (χ2v) is 8.30. The number of hydrogen-bond acceptors (Lipinski definition) is 2. The van der Waals surface area contributed by atoms with E-state index < -0.39 is 0 Å². The lowest BCUT2D eigenvalue weighted by molar-refractivity contribution is -0.158. The standard InChI is InChI=1S/C17H22O2/c1-17(2)18-15-10-6-8-5-7-3-4-9-11(7)12(8)13(10)14(9)16(15)19-17/h7-11,14-16H,3-6H2,1-2H3. The van der Waals surface area contributed by atoms with Gasteiger partial charge in [0, 0.05) is 11.8 Å². The molecule has 1 heterocycles. The van der Waals surface area contributed by atoms with Gasteiger partial charge in [-0.15, -0.1) is 0 Å². The lowest BCUT2D eigenvalue weighted by Gasteiger charge is -2.26. The van der Waals surface area contributed by atoms with Gasteiger partial charge < -0.3 is 9.47 Å². The Kier molecular flexibility index (Phi) is 1.55. The Hall–Kier alpha value is -0.340. The van der Waals surface area contributed by atoms with Gasteiger partial charge in [-0.05, 0) is 63.2 Å². The van der Waals surface area contributed by atoms with E-state index in [0.29, 0.717) is 12.2 Å². The van der Waals surface area contributed by atoms with Crippen molar-refractivity contribution < 1.29 is 9.47 Å². The monoisotopic (exact) mass is 258 g/mol. The molecule has 1 aliphatic heterocycles. The average Bonchev–Trinajstić information content (AvgIpc) is 3.02. The highest BCUT2D eigenvalue weighted by molar-refractivity contribution is 5.46. The molecule has 0 N–H and O–H groups in total. The van der Waals surface area contributed by atoms with Crippen molar-refractivity contribution >= 4 is 0 Å². The van der Waals surface area contributed by atoms with Crippen LogP contribution in [0.2, 0.25) is 0 Å². The Morgan fingerprint density at radius 2 is 1.79 bits per heavy atom. The van der Waals surface area contributed by atoms with E-state index in [-0.39, 0.29) is 5.79 Å². The second kappa shape index (κ2) is 2.82. The SMILES string of the molecule is CC1(C)OC2C3CC4CC5CCC6C5C4=C3C6C2O1. The minimum Gasteiger partial charge on any atom is -0.344 e. The van der Waals surface area contributed by atoms with Crippen LogP contribution < -0.4 is 0 Å². The first-order valence-electron chi connectivity index (χ1n) is 8.23. The first kappa shape index (κ1) is 10.4. The summed E-state index contributed by atoms with van der Waals surface area (Å²) in [5, 5.41) is 0. The molecule has 19 heavy (non-hydrogen) atoms. The number of hydrogen-bond donors (Lipinski definition) is 0. The van der Waals surface area contributed by atoms with Crippen LogP contribution in [0, 0.1) is 35.5 Å². The maximum atomic E-state index is 6.34. The molecule has 2 heteroatoms. The summed E-state index contributed by atoms with van der Waals surface area (Å²) >= 11 is 0. The van der Waals surface area contributed by atoms with E-state index in [9.17, 15) is 0 Å². The summed E-state index contributed by atoms with van der Waals surface area (Å²) in [7, 11) is 0. The highest BCUT2D eigenvalue weighted by atomic mass is 16.8. The normalized spacial score (nSPS) is 62.2. The molecule has 8 atom stereocenters. The van der Waals surface area contributed by atoms with Crippen molar-refractivity contribution in [1.82, 2.24) is 0 Å². The Bertz CT molecular complexity index is 519. The van der Waals surface area contributed by atoms with Crippen LogP contribution in [0.25, 0.3) is 0 Å². The summed E-state index contributed by atoms with van der Waals surface area (Å²) < 4.78 is 12.6. The van der Waals surface area contributed by atoms with Gasteiger partial charge >= 0.3 is 0 Å². The Balaban J connectivity index is 1.53. The van der Waals surface area contributed by atoms with Gasteiger partial charge in [0.05, 0.1) is 12.2 Å². The van der Waals surface area contributed by atoms with Crippen molar-refractivity contribution in [2.45, 2.75) is 57.5 Å². The van der Waals surface area contributed by atoms with Crippen LogP contribution in [0.3, 0.4) is 0 Å². The zero-order chi connectivity index (χ0) is 12.5. The fourth-order valence-corrected chi connectivity index (χ4v) is 7.14. The predicted molar refractivity (Wildman–Crippen MR) is 70.3 cm³/mol. The van der Waals surface area contributed by atoms with E-state index in [1.54, 1.807) is 0 Å². The Morgan fingerprint density at radius 3 is 2.68 bits per heavy atom. The van der Waals surface area contributed by atoms with Crippen molar-refractivity contribution in [1.29, 1.82) is 0 Å². The van der Waals surface area contributed by atoms with Gasteiger partial charge in [-0.1, -0.05) is 11.1 Å². The van der Waals surface area contributed by atoms with Crippen LogP contribution in [0.1, 0.15) is 39.5 Å². The largest absolute Gasteiger partial charge is 0.344 e. The third kappa shape index (κ3) is 0.975. The van der Waals surface area contributed by atoms with Crippen LogP contribution >= 0.6 is 0 Å². The molecule has 0 amide bonds. The molecule has 102 valence electrons. The second-order valence-electron chi connectivity index (χ2n) is 8.30. The van der Waals surface area contributed by atoms with Crippen LogP contribution in [0.15, 0.2) is 11.1 Å². The average molecular weight is 258 g/mol. The third-order valence-corrected chi connectivity index (χ3v) is 7.23. The molecule has 6 aliphatic rings. The molecule has 2 nitrogen and oxygen atoms in total. The van der Waals surface area contributed by atoms with E-state index in [0.717, 1.165) is 35.5 Å². The Morgan fingerprint density at radius 1 is 0.947 bits per heavy atom. The van der Waals surface area contributed by atoms with Crippen LogP contribution in [0.5, 0.6) is 0 Å². The summed E-state index contributed by atoms with van der Waals surface area (Å²) in [6.07, 6.45) is 6.61. The Labute approximate surface area is 114 Å². The van der Waals surface area contributed by atoms with Crippen molar-refractivity contribution in [3.8, 4) is 0 Å². The van der Waals surface area contributed by atoms with Crippen molar-refractivity contribution in [3.63, 3.8) is 0 Å². The van der Waals surface area contributed by atoms with Crippen LogP contribution in [-0.2, 0) is 9.47 Å². The molecule has 0 aromatic carbocycles. The first-order chi connectivity index (χ1) is 9.14. The van der Waals surface area contributed by atoms with E-state index >= 15 is 0 Å². The summed E-state index contributed by atoms with van der Waals surface area (Å²) in [6.45, 7) is 4.21. The first-order valence-corrected chi connectivity index (χ1v) is 8.23. The van der Waals surface area contributed by atoms with Crippen LogP contribution in [0.4, 0.5) is 0 Å². The minimum absolute atomic E-state index is 0.344. The maximum absolute atomic E-state index is 6.34. The minimum atomic E-state index is -0.344. The van der Waals surface area contributed by atoms with Gasteiger partial charge in [0.15, 0.2) is 5.79 Å². The molecular weight excluding hydrogens is 236 g/mol. The number of ether oxygens (including phenoxy) is 2. The highest BCUT2D eigenvalue weighted by Crippen LogP contribution is 2.72. The fraction of sp³-hybridized carbons (Fsp3) is 0.882. The van der Waals surface area contributed by atoms with Gasteiger partial charge in [-0.3, -0.25) is 0 Å². The molecule has 0 aromatic rings. The summed E-state index contributed by atoms with van der Waals surface area (Å²) in [5.41, 5.74) is 3.79. The van der Waals surface area contributed by atoms with Crippen LogP contribution in [-0.4, -0.2) is 18.0 Å². The smallest absolute Gasteiger partial charge is 0.163 e. The van der Waals surface area contributed by atoms with Gasteiger partial charge in [0.2, 0.25) is 0 Å². The predicted octanol–water partition coefficient (Wildman–Crippen LogP) is 3.13. The topological polar surface area (TPSA) is 18.5 Å². The molecule has 0 bridgehead atoms. The molecular formula is C17H22O2. The van der Waals surface area contributed by atoms with Crippen molar-refractivity contribution in [2.24, 2.45) is 35.5 Å². The summed E-state index contributed by atoms with van der Waals surface area (Å²) in [6, 6.07) is 0. The van der Waals surface area contributed by atoms with Gasteiger partial charge in [-0.2, -0.15) is 0 Å². The van der Waals surface area contributed by atoms with E-state index in [1.165, 1.54) is 25.7 Å². The number of fused-ring (bicyclic) bond motifs is 4. The molecule has 8 unspecified atom stereocenters. The van der Waals surface area contributed by atoms with Gasteiger partial charge in [-0.25, -0.2) is 0 Å². The highest BCUT2D eigenvalue weighted by Gasteiger charge is 2.69. The molecule has 0 spiro atoms. The molecule has 0 radical (unpaired) electrons. The third-order valence-electron chi connectivity index (χ3n) is 7.23. The van der Waals surface area contributed by atoms with E-state index in [2.05, 4.69) is 13.8 Å². The molecule has 3 saturated carbocycles. The number of allylic oxidation sites excluding steroid dienone is 1. The van der Waals surface area contributed by atoms with Gasteiger partial charge in [0.25, 0.3) is 0 Å². The molecule has 4 fully saturated rings. The molecule has 1 saturated heterocycles. The summed E-state index contributed by atoms with van der Waals surface area (Å²) in [5.74, 6) is 5.01. The maximum Gasteiger partial charge on any atom is 0.163 e. The summed E-state index contributed by atoms with van der Waals surface area (Å²) in [4.78, 5) is 0. The van der Waals surface area contributed by atoms with E-state index in [1.807, 2.05) is 11.1 Å². The van der Waals surface area contributed by atoms with Crippen molar-refractivity contribution in [3.05, 3.63) is 11.1 Å².